The van der Waals surface area contributed by atoms with Gasteiger partial charge in [0, 0.05) is 11.5 Å². The molecule has 0 radical (unpaired) electrons. The Balaban J connectivity index is 0.00000300. The van der Waals surface area contributed by atoms with E-state index in [2.05, 4.69) is 15.2 Å². The van der Waals surface area contributed by atoms with Gasteiger partial charge in [-0.3, -0.25) is 9.11 Å². The summed E-state index contributed by atoms with van der Waals surface area (Å²) in [5, 5.41) is 17.3. The molecule has 0 amide bonds. The SMILES string of the molecule is N#[N+]c1ccc(N=Nc2ccc(S(=O)(=O)O)cc2)c2cccc(S(=O)(=O)O)c12.[Cl-]. The molecule has 0 unspecified atom stereocenters. The summed E-state index contributed by atoms with van der Waals surface area (Å²) in [6, 6.07) is 11.7. The Morgan fingerprint density at radius 2 is 1.48 bits per heavy atom. The second-order valence-electron chi connectivity index (χ2n) is 5.53. The zero-order chi connectivity index (χ0) is 20.5. The van der Waals surface area contributed by atoms with E-state index in [1.807, 2.05) is 0 Å². The van der Waals surface area contributed by atoms with Crippen molar-refractivity contribution >= 4 is 48.1 Å². The van der Waals surface area contributed by atoms with Gasteiger partial charge in [0.2, 0.25) is 5.39 Å². The van der Waals surface area contributed by atoms with Crippen LogP contribution in [0.1, 0.15) is 0 Å². The predicted octanol–water partition coefficient (Wildman–Crippen LogP) is 1.24. The minimum absolute atomic E-state index is 0. The predicted molar refractivity (Wildman–Crippen MR) is 98.9 cm³/mol. The first-order chi connectivity index (χ1) is 13.1. The van der Waals surface area contributed by atoms with Crippen LogP contribution in [0.2, 0.25) is 0 Å². The maximum atomic E-state index is 11.6. The number of hydrogen-bond acceptors (Lipinski definition) is 7. The van der Waals surface area contributed by atoms with E-state index in [0.717, 1.165) is 18.2 Å². The molecule has 13 heteroatoms. The van der Waals surface area contributed by atoms with Gasteiger partial charge in [0.15, 0.2) is 4.98 Å². The normalized spacial score (nSPS) is 11.9. The number of nitrogens with zero attached hydrogens (tertiary/aromatic N) is 4. The molecule has 3 aromatic rings. The van der Waals surface area contributed by atoms with Gasteiger partial charge in [-0.15, -0.1) is 5.11 Å². The van der Waals surface area contributed by atoms with Crippen molar-refractivity contribution in [3.63, 3.8) is 0 Å². The molecule has 0 bridgehead atoms. The van der Waals surface area contributed by atoms with Crippen LogP contribution in [0.4, 0.5) is 17.1 Å². The Bertz CT molecular complexity index is 1370. The van der Waals surface area contributed by atoms with Crippen molar-refractivity contribution in [2.75, 3.05) is 0 Å². The largest absolute Gasteiger partial charge is 1.00 e. The average Bonchev–Trinajstić information content (AvgIpc) is 2.64. The Morgan fingerprint density at radius 1 is 0.828 bits per heavy atom. The molecule has 0 aliphatic heterocycles. The monoisotopic (exact) mass is 454 g/mol. The van der Waals surface area contributed by atoms with Gasteiger partial charge in [-0.2, -0.15) is 21.9 Å². The van der Waals surface area contributed by atoms with Crippen molar-refractivity contribution in [2.45, 2.75) is 9.79 Å². The number of benzene rings is 3. The van der Waals surface area contributed by atoms with Gasteiger partial charge >= 0.3 is 5.69 Å². The summed E-state index contributed by atoms with van der Waals surface area (Å²) in [5.74, 6) is 0. The zero-order valence-electron chi connectivity index (χ0n) is 14.2. The molecule has 0 saturated carbocycles. The van der Waals surface area contributed by atoms with E-state index >= 15 is 0 Å². The Kier molecular flexibility index (Phi) is 6.31. The third-order valence-electron chi connectivity index (χ3n) is 3.75. The Morgan fingerprint density at radius 3 is 2.03 bits per heavy atom. The van der Waals surface area contributed by atoms with Gasteiger partial charge in [-0.05, 0) is 36.4 Å². The van der Waals surface area contributed by atoms with Crippen molar-refractivity contribution in [3.8, 4) is 0 Å². The van der Waals surface area contributed by atoms with Crippen molar-refractivity contribution in [1.29, 1.82) is 5.39 Å². The molecular weight excluding hydrogens is 444 g/mol. The van der Waals surface area contributed by atoms with Gasteiger partial charge in [-0.1, -0.05) is 12.1 Å². The lowest BCUT2D eigenvalue weighted by Gasteiger charge is -2.03. The summed E-state index contributed by atoms with van der Waals surface area (Å²) in [7, 11) is -8.92. The minimum atomic E-state index is -4.59. The van der Waals surface area contributed by atoms with Gasteiger partial charge in [0.05, 0.1) is 16.3 Å². The molecule has 10 nitrogen and oxygen atoms in total. The number of halogens is 1. The lowest BCUT2D eigenvalue weighted by molar-refractivity contribution is -0.0000141. The van der Waals surface area contributed by atoms with Crippen LogP contribution in [0.3, 0.4) is 0 Å². The quantitative estimate of drug-likeness (QED) is 0.340. The van der Waals surface area contributed by atoms with Crippen LogP contribution in [0.25, 0.3) is 15.7 Å². The zero-order valence-corrected chi connectivity index (χ0v) is 16.6. The number of fused-ring (bicyclic) bond motifs is 1. The molecule has 2 N–H and O–H groups in total. The standard InChI is InChI=1S/C16H10N4O6S2.ClH/c17-18-14-9-8-13(12-2-1-3-15(16(12)14)28(24,25)26)20-19-10-4-6-11(7-5-10)27(21,22)23;/h1-9H,(H-,21,22,23,24,25,26);1H. The van der Waals surface area contributed by atoms with E-state index in [1.165, 1.54) is 36.4 Å². The first-order valence-corrected chi connectivity index (χ1v) is 10.4. The first-order valence-electron chi connectivity index (χ1n) is 7.49. The lowest BCUT2D eigenvalue weighted by atomic mass is 10.1. The van der Waals surface area contributed by atoms with Gasteiger partial charge in [0.25, 0.3) is 20.2 Å². The number of diazo groups is 1. The van der Waals surface area contributed by atoms with E-state index < -0.39 is 25.1 Å². The summed E-state index contributed by atoms with van der Waals surface area (Å²) in [4.78, 5) is 2.28. The van der Waals surface area contributed by atoms with Gasteiger partial charge in [0.1, 0.15) is 10.3 Å². The van der Waals surface area contributed by atoms with Crippen LogP contribution in [-0.4, -0.2) is 25.9 Å². The van der Waals surface area contributed by atoms with E-state index in [-0.39, 0.29) is 45.1 Å². The molecule has 3 rings (SSSR count). The van der Waals surface area contributed by atoms with Crippen molar-refractivity contribution in [2.24, 2.45) is 10.2 Å². The molecule has 0 aliphatic carbocycles. The second-order valence-corrected chi connectivity index (χ2v) is 8.34. The highest BCUT2D eigenvalue weighted by Gasteiger charge is 2.24. The fourth-order valence-corrected chi connectivity index (χ4v) is 3.72. The highest BCUT2D eigenvalue weighted by Crippen LogP contribution is 2.38. The average molecular weight is 455 g/mol. The highest BCUT2D eigenvalue weighted by molar-refractivity contribution is 7.86. The fourth-order valence-electron chi connectivity index (χ4n) is 2.52. The summed E-state index contributed by atoms with van der Waals surface area (Å²) in [6.45, 7) is 0. The van der Waals surface area contributed by atoms with Crippen LogP contribution in [-0.2, 0) is 20.2 Å². The molecule has 29 heavy (non-hydrogen) atoms. The highest BCUT2D eigenvalue weighted by atomic mass is 35.5. The van der Waals surface area contributed by atoms with Crippen LogP contribution in [0.15, 0.2) is 74.6 Å². The Hall–Kier alpha value is -2.95. The number of rotatable bonds is 4. The summed E-state index contributed by atoms with van der Waals surface area (Å²) >= 11 is 0. The summed E-state index contributed by atoms with van der Waals surface area (Å²) in [6.07, 6.45) is 0. The maximum absolute atomic E-state index is 11.6. The molecule has 150 valence electrons. The smallest absolute Gasteiger partial charge is 0.394 e. The third kappa shape index (κ3) is 4.73. The van der Waals surface area contributed by atoms with E-state index in [4.69, 9.17) is 9.95 Å². The molecule has 0 aliphatic rings. The second kappa shape index (κ2) is 8.19. The molecular formula is C16H11ClN4O6S2. The molecule has 3 aromatic carbocycles. The van der Waals surface area contributed by atoms with Crippen molar-refractivity contribution in [1.82, 2.24) is 0 Å². The summed E-state index contributed by atoms with van der Waals surface area (Å²) < 4.78 is 63.7. The van der Waals surface area contributed by atoms with E-state index in [1.54, 1.807) is 0 Å². The van der Waals surface area contributed by atoms with Crippen LogP contribution >= 0.6 is 0 Å². The number of hydrogen-bond donors (Lipinski definition) is 2. The summed E-state index contributed by atoms with van der Waals surface area (Å²) in [5.41, 5.74) is 0.397. The van der Waals surface area contributed by atoms with Crippen LogP contribution in [0.5, 0.6) is 0 Å². The number of azo groups is 1. The fraction of sp³-hybridized carbons (Fsp3) is 0. The molecule has 0 fully saturated rings. The maximum Gasteiger partial charge on any atom is 0.394 e. The topological polar surface area (TPSA) is 162 Å². The van der Waals surface area contributed by atoms with E-state index in [9.17, 15) is 21.4 Å². The first kappa shape index (κ1) is 22.3. The molecule has 0 atom stereocenters. The van der Waals surface area contributed by atoms with Gasteiger partial charge in [-0.25, -0.2) is 0 Å². The van der Waals surface area contributed by atoms with Gasteiger partial charge < -0.3 is 12.4 Å². The lowest BCUT2D eigenvalue weighted by Crippen LogP contribution is -3.00. The third-order valence-corrected chi connectivity index (χ3v) is 5.51. The Labute approximate surface area is 171 Å². The van der Waals surface area contributed by atoms with Crippen molar-refractivity contribution < 1.29 is 38.3 Å². The molecule has 0 heterocycles. The minimum Gasteiger partial charge on any atom is -1.00 e. The van der Waals surface area contributed by atoms with Crippen molar-refractivity contribution in [3.05, 3.63) is 59.6 Å². The molecule has 0 spiro atoms. The van der Waals surface area contributed by atoms with E-state index in [0.29, 0.717) is 0 Å². The van der Waals surface area contributed by atoms with Crippen LogP contribution < -0.4 is 12.4 Å². The molecule has 0 aromatic heterocycles. The van der Waals surface area contributed by atoms with Crippen LogP contribution in [0, 0.1) is 5.39 Å². The molecule has 0 saturated heterocycles.